The molecule has 0 fully saturated rings. The minimum atomic E-state index is -4.35. The molecule has 0 saturated heterocycles. The molecule has 0 aromatic carbocycles. The maximum Gasteiger partial charge on any atom is 0.389 e. The highest BCUT2D eigenvalue weighted by molar-refractivity contribution is 5.86. The lowest BCUT2D eigenvalue weighted by Gasteiger charge is -2.16. The van der Waals surface area contributed by atoms with Gasteiger partial charge in [-0.3, -0.25) is 4.79 Å². The number of nitrogens with zero attached hydrogens (tertiary/aromatic N) is 2. The van der Waals surface area contributed by atoms with Gasteiger partial charge in [0.25, 0.3) is 0 Å². The monoisotopic (exact) mass is 227 g/mol. The number of hydrogen-bond donors (Lipinski definition) is 2. The van der Waals surface area contributed by atoms with E-state index in [9.17, 15) is 18.0 Å². The molecule has 0 unspecified atom stereocenters. The van der Waals surface area contributed by atoms with Gasteiger partial charge in [0.05, 0.1) is 13.0 Å². The molecule has 0 aliphatic heterocycles. The summed E-state index contributed by atoms with van der Waals surface area (Å²) in [6, 6.07) is 0. The minimum Gasteiger partial charge on any atom is -0.409 e. The van der Waals surface area contributed by atoms with E-state index in [0.29, 0.717) is 0 Å². The van der Waals surface area contributed by atoms with E-state index in [0.717, 1.165) is 4.90 Å². The van der Waals surface area contributed by atoms with Gasteiger partial charge in [0, 0.05) is 13.5 Å². The number of likely N-dealkylation sites (N-methyl/N-ethyl adjacent to an activating group) is 1. The molecule has 0 aromatic heterocycles. The second-order valence-electron chi connectivity index (χ2n) is 2.96. The third kappa shape index (κ3) is 6.58. The highest BCUT2D eigenvalue weighted by Gasteiger charge is 2.28. The summed E-state index contributed by atoms with van der Waals surface area (Å²) in [5, 5.41) is 10.8. The number of oxime groups is 1. The van der Waals surface area contributed by atoms with Crippen molar-refractivity contribution >= 4 is 11.7 Å². The van der Waals surface area contributed by atoms with Crippen LogP contribution in [0.15, 0.2) is 5.16 Å². The van der Waals surface area contributed by atoms with Crippen molar-refractivity contribution in [2.24, 2.45) is 10.9 Å². The van der Waals surface area contributed by atoms with Crippen molar-refractivity contribution in [2.75, 3.05) is 13.6 Å². The molecule has 8 heteroatoms. The summed E-state index contributed by atoms with van der Waals surface area (Å²) in [7, 11) is 1.27. The van der Waals surface area contributed by atoms with Gasteiger partial charge in [-0.05, 0) is 0 Å². The molecule has 1 amide bonds. The number of carbonyl (C=O) groups is 1. The Morgan fingerprint density at radius 2 is 2.07 bits per heavy atom. The number of alkyl halides is 3. The van der Waals surface area contributed by atoms with Crippen molar-refractivity contribution in [2.45, 2.75) is 19.0 Å². The molecule has 0 radical (unpaired) electrons. The molecule has 0 aromatic rings. The standard InChI is InChI=1S/C7H12F3N3O2/c1-13(4-5(11)12-15)6(14)2-3-7(8,9)10/h15H,2-4H2,1H3,(H2,11,12). The molecule has 88 valence electrons. The van der Waals surface area contributed by atoms with Crippen molar-refractivity contribution in [3.05, 3.63) is 0 Å². The Bertz CT molecular complexity index is 252. The van der Waals surface area contributed by atoms with Gasteiger partial charge >= 0.3 is 6.18 Å². The van der Waals surface area contributed by atoms with Gasteiger partial charge in [0.15, 0.2) is 5.84 Å². The van der Waals surface area contributed by atoms with Crippen LogP contribution in [0.5, 0.6) is 0 Å². The van der Waals surface area contributed by atoms with Crippen LogP contribution in [0.25, 0.3) is 0 Å². The van der Waals surface area contributed by atoms with Crippen LogP contribution in [0, 0.1) is 0 Å². The van der Waals surface area contributed by atoms with Crippen LogP contribution in [-0.4, -0.2) is 41.6 Å². The third-order valence-electron chi connectivity index (χ3n) is 1.58. The van der Waals surface area contributed by atoms with Gasteiger partial charge in [-0.2, -0.15) is 13.2 Å². The van der Waals surface area contributed by atoms with Crippen LogP contribution in [0.3, 0.4) is 0 Å². The van der Waals surface area contributed by atoms with Crippen molar-refractivity contribution in [1.82, 2.24) is 4.90 Å². The summed E-state index contributed by atoms with van der Waals surface area (Å²) in [4.78, 5) is 12.0. The van der Waals surface area contributed by atoms with E-state index < -0.39 is 24.9 Å². The van der Waals surface area contributed by atoms with E-state index in [1.165, 1.54) is 7.05 Å². The average Bonchev–Trinajstić information content (AvgIpc) is 2.12. The van der Waals surface area contributed by atoms with Crippen LogP contribution in [0.4, 0.5) is 13.2 Å². The Morgan fingerprint density at radius 3 is 2.47 bits per heavy atom. The molecule has 15 heavy (non-hydrogen) atoms. The van der Waals surface area contributed by atoms with Gasteiger partial charge in [0.1, 0.15) is 0 Å². The van der Waals surface area contributed by atoms with Crippen LogP contribution < -0.4 is 5.73 Å². The Morgan fingerprint density at radius 1 is 1.53 bits per heavy atom. The summed E-state index contributed by atoms with van der Waals surface area (Å²) < 4.78 is 35.2. The predicted molar refractivity (Wildman–Crippen MR) is 46.3 cm³/mol. The maximum atomic E-state index is 11.7. The SMILES string of the molecule is CN(CC(N)=NO)C(=O)CCC(F)(F)F. The smallest absolute Gasteiger partial charge is 0.389 e. The lowest BCUT2D eigenvalue weighted by molar-refractivity contribution is -0.148. The molecule has 0 spiro atoms. The second-order valence-corrected chi connectivity index (χ2v) is 2.96. The zero-order valence-electron chi connectivity index (χ0n) is 8.08. The van der Waals surface area contributed by atoms with E-state index >= 15 is 0 Å². The highest BCUT2D eigenvalue weighted by Crippen LogP contribution is 2.21. The topological polar surface area (TPSA) is 78.9 Å². The molecule has 3 N–H and O–H groups in total. The first kappa shape index (κ1) is 13.5. The van der Waals surface area contributed by atoms with Gasteiger partial charge in [-0.25, -0.2) is 0 Å². The van der Waals surface area contributed by atoms with E-state index in [1.54, 1.807) is 0 Å². The number of amides is 1. The first-order chi connectivity index (χ1) is 6.76. The van der Waals surface area contributed by atoms with Crippen LogP contribution in [-0.2, 0) is 4.79 Å². The number of nitrogens with two attached hydrogens (primary N) is 1. The largest absolute Gasteiger partial charge is 0.409 e. The van der Waals surface area contributed by atoms with Crippen LogP contribution in [0.2, 0.25) is 0 Å². The fraction of sp³-hybridized carbons (Fsp3) is 0.714. The van der Waals surface area contributed by atoms with Crippen molar-refractivity contribution in [3.63, 3.8) is 0 Å². The number of hydrogen-bond acceptors (Lipinski definition) is 3. The fourth-order valence-electron chi connectivity index (χ4n) is 0.802. The first-order valence-corrected chi connectivity index (χ1v) is 4.03. The zero-order valence-corrected chi connectivity index (χ0v) is 8.08. The number of rotatable bonds is 4. The number of amidine groups is 1. The summed E-state index contributed by atoms with van der Waals surface area (Å²) in [5.74, 6) is -0.947. The van der Waals surface area contributed by atoms with E-state index in [-0.39, 0.29) is 12.4 Å². The van der Waals surface area contributed by atoms with Gasteiger partial charge in [0.2, 0.25) is 5.91 Å². The summed E-state index contributed by atoms with van der Waals surface area (Å²) in [6.45, 7) is -0.201. The minimum absolute atomic E-state index is 0.201. The molecule has 0 aliphatic carbocycles. The Balaban J connectivity index is 4.01. The predicted octanol–water partition coefficient (Wildman–Crippen LogP) is 0.534. The summed E-state index contributed by atoms with van der Waals surface area (Å²) in [5.41, 5.74) is 5.08. The summed E-state index contributed by atoms with van der Waals surface area (Å²) >= 11 is 0. The molecule has 5 nitrogen and oxygen atoms in total. The Labute approximate surface area is 84.3 Å². The highest BCUT2D eigenvalue weighted by atomic mass is 19.4. The van der Waals surface area contributed by atoms with Crippen molar-refractivity contribution in [1.29, 1.82) is 0 Å². The second kappa shape index (κ2) is 5.42. The molecule has 0 heterocycles. The van der Waals surface area contributed by atoms with E-state index in [2.05, 4.69) is 5.16 Å². The molecule has 0 bridgehead atoms. The van der Waals surface area contributed by atoms with Crippen molar-refractivity contribution in [3.8, 4) is 0 Å². The molecular weight excluding hydrogens is 215 g/mol. The summed E-state index contributed by atoms with van der Waals surface area (Å²) in [6.07, 6.45) is -6.17. The Kier molecular flexibility index (Phi) is 4.89. The van der Waals surface area contributed by atoms with Gasteiger partial charge in [-0.15, -0.1) is 0 Å². The van der Waals surface area contributed by atoms with Crippen LogP contribution in [0.1, 0.15) is 12.8 Å². The maximum absolute atomic E-state index is 11.7. The molecule has 0 saturated carbocycles. The van der Waals surface area contributed by atoms with E-state index in [4.69, 9.17) is 10.9 Å². The van der Waals surface area contributed by atoms with Gasteiger partial charge < -0.3 is 15.8 Å². The molecule has 0 rings (SSSR count). The Hall–Kier alpha value is -1.47. The van der Waals surface area contributed by atoms with Crippen LogP contribution >= 0.6 is 0 Å². The number of carbonyl (C=O) groups excluding carboxylic acids is 1. The average molecular weight is 227 g/mol. The fourth-order valence-corrected chi connectivity index (χ4v) is 0.802. The molecular formula is C7H12F3N3O2. The first-order valence-electron chi connectivity index (χ1n) is 4.03. The molecule has 0 aliphatic rings. The van der Waals surface area contributed by atoms with Crippen molar-refractivity contribution < 1.29 is 23.2 Å². The third-order valence-corrected chi connectivity index (χ3v) is 1.58. The lowest BCUT2D eigenvalue weighted by atomic mass is 10.2. The number of halogens is 3. The lowest BCUT2D eigenvalue weighted by Crippen LogP contribution is -2.35. The quantitative estimate of drug-likeness (QED) is 0.318. The van der Waals surface area contributed by atoms with E-state index in [1.807, 2.05) is 0 Å². The zero-order chi connectivity index (χ0) is 12.1. The normalized spacial score (nSPS) is 12.7. The van der Waals surface area contributed by atoms with Gasteiger partial charge in [-0.1, -0.05) is 5.16 Å². The molecule has 0 atom stereocenters.